The SMILES string of the molecule is Cc1noc([C@@H]2CCCCN2C(=O)NCCc2nc3c(C)c(C)ccc3[nH]2)n1. The Labute approximate surface area is 163 Å². The van der Waals surface area contributed by atoms with Gasteiger partial charge in [0.15, 0.2) is 5.82 Å². The van der Waals surface area contributed by atoms with Gasteiger partial charge in [-0.25, -0.2) is 9.78 Å². The van der Waals surface area contributed by atoms with E-state index in [-0.39, 0.29) is 12.1 Å². The zero-order valence-electron chi connectivity index (χ0n) is 16.6. The van der Waals surface area contributed by atoms with E-state index in [9.17, 15) is 4.79 Å². The molecule has 1 aliphatic heterocycles. The van der Waals surface area contributed by atoms with Gasteiger partial charge in [-0.15, -0.1) is 0 Å². The minimum absolute atomic E-state index is 0.0938. The maximum Gasteiger partial charge on any atom is 0.318 e. The van der Waals surface area contributed by atoms with Crippen LogP contribution in [0.5, 0.6) is 0 Å². The lowest BCUT2D eigenvalue weighted by molar-refractivity contribution is 0.132. The molecule has 3 heterocycles. The van der Waals surface area contributed by atoms with Crippen molar-refractivity contribution < 1.29 is 9.32 Å². The molecule has 8 nitrogen and oxygen atoms in total. The summed E-state index contributed by atoms with van der Waals surface area (Å²) in [5, 5.41) is 6.88. The van der Waals surface area contributed by atoms with Gasteiger partial charge in [-0.1, -0.05) is 11.2 Å². The summed E-state index contributed by atoms with van der Waals surface area (Å²) in [4.78, 5) is 26.9. The topological polar surface area (TPSA) is 99.9 Å². The van der Waals surface area contributed by atoms with Crippen LogP contribution in [0.25, 0.3) is 11.0 Å². The van der Waals surface area contributed by atoms with Crippen LogP contribution in [0.4, 0.5) is 4.79 Å². The van der Waals surface area contributed by atoms with Gasteiger partial charge in [0.05, 0.1) is 11.0 Å². The summed E-state index contributed by atoms with van der Waals surface area (Å²) in [5.74, 6) is 2.00. The maximum atomic E-state index is 12.7. The summed E-state index contributed by atoms with van der Waals surface area (Å²) in [5.41, 5.74) is 4.46. The first-order valence-corrected chi connectivity index (χ1v) is 9.82. The van der Waals surface area contributed by atoms with Crippen LogP contribution in [0.15, 0.2) is 16.7 Å². The number of nitrogens with one attached hydrogen (secondary N) is 2. The average Bonchev–Trinajstić information content (AvgIpc) is 3.31. The highest BCUT2D eigenvalue weighted by molar-refractivity contribution is 5.80. The molecule has 0 aliphatic carbocycles. The number of aryl methyl sites for hydroxylation is 3. The second kappa shape index (κ2) is 7.61. The van der Waals surface area contributed by atoms with Crippen molar-refractivity contribution in [2.75, 3.05) is 13.1 Å². The van der Waals surface area contributed by atoms with Gasteiger partial charge in [0.2, 0.25) is 5.89 Å². The number of aromatic nitrogens is 4. The standard InChI is InChI=1S/C20H26N6O2/c1-12-7-8-15-18(13(12)2)24-17(23-15)9-10-21-20(27)26-11-5-4-6-16(26)19-22-14(3)25-28-19/h7-8,16H,4-6,9-11H2,1-3H3,(H,21,27)(H,23,24)/t16-/m0/s1. The fourth-order valence-electron chi connectivity index (χ4n) is 3.75. The molecule has 1 saturated heterocycles. The van der Waals surface area contributed by atoms with Gasteiger partial charge >= 0.3 is 6.03 Å². The lowest BCUT2D eigenvalue weighted by Crippen LogP contribution is -2.45. The van der Waals surface area contributed by atoms with Crippen molar-refractivity contribution in [3.63, 3.8) is 0 Å². The minimum atomic E-state index is -0.147. The quantitative estimate of drug-likeness (QED) is 0.721. The van der Waals surface area contributed by atoms with Gasteiger partial charge in [0.25, 0.3) is 0 Å². The largest absolute Gasteiger partial charge is 0.342 e. The van der Waals surface area contributed by atoms with Crippen LogP contribution in [-0.4, -0.2) is 44.1 Å². The number of urea groups is 1. The van der Waals surface area contributed by atoms with E-state index in [2.05, 4.69) is 46.4 Å². The molecule has 4 rings (SSSR count). The number of aromatic amines is 1. The number of amides is 2. The highest BCUT2D eigenvalue weighted by Gasteiger charge is 2.31. The van der Waals surface area contributed by atoms with Crippen LogP contribution < -0.4 is 5.32 Å². The Balaban J connectivity index is 1.39. The van der Waals surface area contributed by atoms with E-state index in [0.29, 0.717) is 31.2 Å². The first-order valence-electron chi connectivity index (χ1n) is 9.82. The molecule has 2 aromatic heterocycles. The summed E-state index contributed by atoms with van der Waals surface area (Å²) < 4.78 is 5.31. The lowest BCUT2D eigenvalue weighted by atomic mass is 10.0. The molecule has 0 bridgehead atoms. The Morgan fingerprint density at radius 3 is 2.93 bits per heavy atom. The van der Waals surface area contributed by atoms with E-state index in [4.69, 9.17) is 9.51 Å². The molecule has 0 unspecified atom stereocenters. The summed E-state index contributed by atoms with van der Waals surface area (Å²) >= 11 is 0. The number of rotatable bonds is 4. The van der Waals surface area contributed by atoms with Crippen molar-refractivity contribution >= 4 is 17.1 Å². The Kier molecular flexibility index (Phi) is 5.02. The van der Waals surface area contributed by atoms with E-state index in [1.165, 1.54) is 11.1 Å². The molecule has 0 saturated carbocycles. The molecule has 28 heavy (non-hydrogen) atoms. The summed E-state index contributed by atoms with van der Waals surface area (Å²) in [7, 11) is 0. The van der Waals surface area contributed by atoms with Gasteiger partial charge in [0.1, 0.15) is 11.9 Å². The Hall–Kier alpha value is -2.90. The van der Waals surface area contributed by atoms with Crippen LogP contribution in [0.1, 0.15) is 54.0 Å². The highest BCUT2D eigenvalue weighted by Crippen LogP contribution is 2.29. The molecular formula is C20H26N6O2. The average molecular weight is 382 g/mol. The van der Waals surface area contributed by atoms with Crippen LogP contribution in [-0.2, 0) is 6.42 Å². The van der Waals surface area contributed by atoms with Gasteiger partial charge < -0.3 is 19.7 Å². The molecule has 3 aromatic rings. The van der Waals surface area contributed by atoms with Crippen molar-refractivity contribution in [2.24, 2.45) is 0 Å². The second-order valence-electron chi connectivity index (χ2n) is 7.45. The van der Waals surface area contributed by atoms with E-state index in [1.54, 1.807) is 6.92 Å². The number of H-pyrrole nitrogens is 1. The molecular weight excluding hydrogens is 356 g/mol. The Morgan fingerprint density at radius 1 is 1.29 bits per heavy atom. The van der Waals surface area contributed by atoms with E-state index >= 15 is 0 Å². The number of likely N-dealkylation sites (tertiary alicyclic amines) is 1. The maximum absolute atomic E-state index is 12.7. The zero-order valence-corrected chi connectivity index (χ0v) is 16.6. The smallest absolute Gasteiger partial charge is 0.318 e. The highest BCUT2D eigenvalue weighted by atomic mass is 16.5. The van der Waals surface area contributed by atoms with Gasteiger partial charge in [0, 0.05) is 19.5 Å². The molecule has 1 aliphatic rings. The fraction of sp³-hybridized carbons (Fsp3) is 0.500. The van der Waals surface area contributed by atoms with Crippen molar-refractivity contribution in [3.8, 4) is 0 Å². The number of carbonyl (C=O) groups excluding carboxylic acids is 1. The summed E-state index contributed by atoms with van der Waals surface area (Å²) in [6, 6.07) is 3.91. The summed E-state index contributed by atoms with van der Waals surface area (Å²) in [6.07, 6.45) is 3.53. The molecule has 1 fully saturated rings. The van der Waals surface area contributed by atoms with E-state index < -0.39 is 0 Å². The molecule has 148 valence electrons. The molecule has 2 amide bonds. The molecule has 0 radical (unpaired) electrons. The predicted octanol–water partition coefficient (Wildman–Crippen LogP) is 3.35. The number of carbonyl (C=O) groups is 1. The Morgan fingerprint density at radius 2 is 2.14 bits per heavy atom. The third-order valence-corrected chi connectivity index (χ3v) is 5.46. The van der Waals surface area contributed by atoms with E-state index in [0.717, 1.165) is 36.1 Å². The third-order valence-electron chi connectivity index (χ3n) is 5.46. The fourth-order valence-corrected chi connectivity index (χ4v) is 3.75. The lowest BCUT2D eigenvalue weighted by Gasteiger charge is -2.33. The second-order valence-corrected chi connectivity index (χ2v) is 7.45. The van der Waals surface area contributed by atoms with Gasteiger partial charge in [-0.2, -0.15) is 4.98 Å². The number of nitrogens with zero attached hydrogens (tertiary/aromatic N) is 4. The monoisotopic (exact) mass is 382 g/mol. The van der Waals surface area contributed by atoms with Crippen LogP contribution in [0, 0.1) is 20.8 Å². The van der Waals surface area contributed by atoms with Crippen LogP contribution in [0.2, 0.25) is 0 Å². The van der Waals surface area contributed by atoms with Crippen LogP contribution in [0.3, 0.4) is 0 Å². The van der Waals surface area contributed by atoms with Crippen molar-refractivity contribution in [3.05, 3.63) is 40.8 Å². The minimum Gasteiger partial charge on any atom is -0.342 e. The number of hydrogen-bond donors (Lipinski definition) is 2. The molecule has 2 N–H and O–H groups in total. The number of benzene rings is 1. The number of fused-ring (bicyclic) bond motifs is 1. The normalized spacial score (nSPS) is 17.2. The third kappa shape index (κ3) is 3.58. The predicted molar refractivity (Wildman–Crippen MR) is 105 cm³/mol. The van der Waals surface area contributed by atoms with Gasteiger partial charge in [-0.3, -0.25) is 0 Å². The molecule has 8 heteroatoms. The number of piperidine rings is 1. The van der Waals surface area contributed by atoms with Crippen LogP contribution >= 0.6 is 0 Å². The number of hydrogen-bond acceptors (Lipinski definition) is 5. The van der Waals surface area contributed by atoms with Gasteiger partial charge in [-0.05, 0) is 57.2 Å². The summed E-state index contributed by atoms with van der Waals surface area (Å²) in [6.45, 7) is 7.17. The van der Waals surface area contributed by atoms with Crippen molar-refractivity contribution in [1.82, 2.24) is 30.3 Å². The molecule has 1 atom stereocenters. The number of imidazole rings is 1. The Bertz CT molecular complexity index is 992. The van der Waals surface area contributed by atoms with Crippen molar-refractivity contribution in [1.29, 1.82) is 0 Å². The first kappa shape index (κ1) is 18.5. The molecule has 1 aromatic carbocycles. The zero-order chi connectivity index (χ0) is 19.7. The first-order chi connectivity index (χ1) is 13.5. The molecule has 0 spiro atoms. The van der Waals surface area contributed by atoms with Crippen molar-refractivity contribution in [2.45, 2.75) is 52.5 Å². The van der Waals surface area contributed by atoms with E-state index in [1.807, 2.05) is 4.90 Å².